The Hall–Kier alpha value is -1.61. The molecule has 3 nitrogen and oxygen atoms in total. The van der Waals surface area contributed by atoms with Gasteiger partial charge in [-0.1, -0.05) is 37.6 Å². The van der Waals surface area contributed by atoms with E-state index in [0.717, 1.165) is 18.2 Å². The third-order valence-electron chi connectivity index (χ3n) is 4.28. The van der Waals surface area contributed by atoms with Crippen molar-refractivity contribution in [1.82, 2.24) is 14.9 Å². The molecule has 1 unspecified atom stereocenters. The monoisotopic (exact) mass is 269 g/mol. The highest BCUT2D eigenvalue weighted by Gasteiger charge is 2.20. The Bertz CT molecular complexity index is 552. The van der Waals surface area contributed by atoms with E-state index in [1.165, 1.54) is 30.4 Å². The summed E-state index contributed by atoms with van der Waals surface area (Å²) in [4.78, 5) is 4.50. The van der Waals surface area contributed by atoms with E-state index in [2.05, 4.69) is 47.7 Å². The third kappa shape index (κ3) is 2.63. The second-order valence-corrected chi connectivity index (χ2v) is 5.75. The molecule has 0 bridgehead atoms. The van der Waals surface area contributed by atoms with Crippen molar-refractivity contribution >= 4 is 0 Å². The Morgan fingerprint density at radius 2 is 2.05 bits per heavy atom. The van der Waals surface area contributed by atoms with Gasteiger partial charge in [0.25, 0.3) is 0 Å². The highest BCUT2D eigenvalue weighted by atomic mass is 15.0. The highest BCUT2D eigenvalue weighted by Crippen LogP contribution is 2.36. The van der Waals surface area contributed by atoms with Gasteiger partial charge in [-0.05, 0) is 36.4 Å². The zero-order chi connectivity index (χ0) is 13.9. The van der Waals surface area contributed by atoms with Gasteiger partial charge >= 0.3 is 0 Å². The number of rotatable bonds is 5. The number of hydrogen-bond acceptors (Lipinski definition) is 2. The molecule has 106 valence electrons. The van der Waals surface area contributed by atoms with E-state index < -0.39 is 0 Å². The van der Waals surface area contributed by atoms with Crippen LogP contribution in [-0.2, 0) is 7.05 Å². The van der Waals surface area contributed by atoms with Crippen molar-refractivity contribution < 1.29 is 0 Å². The predicted octanol–water partition coefficient (Wildman–Crippen LogP) is 3.39. The van der Waals surface area contributed by atoms with Gasteiger partial charge in [-0.15, -0.1) is 0 Å². The van der Waals surface area contributed by atoms with Crippen molar-refractivity contribution in [3.8, 4) is 0 Å². The van der Waals surface area contributed by atoms with Crippen molar-refractivity contribution in [2.45, 2.75) is 38.1 Å². The number of aromatic nitrogens is 2. The fourth-order valence-electron chi connectivity index (χ4n) is 2.88. The number of nitrogens with one attached hydrogen (secondary N) is 1. The van der Waals surface area contributed by atoms with E-state index in [-0.39, 0.29) is 6.04 Å². The normalized spacial score (nSPS) is 16.9. The quantitative estimate of drug-likeness (QED) is 0.901. The van der Waals surface area contributed by atoms with Crippen LogP contribution in [0.4, 0.5) is 0 Å². The van der Waals surface area contributed by atoms with Gasteiger partial charge in [-0.2, -0.15) is 0 Å². The second kappa shape index (κ2) is 5.80. The number of benzene rings is 1. The minimum absolute atomic E-state index is 0.191. The van der Waals surface area contributed by atoms with Gasteiger partial charge in [0.2, 0.25) is 0 Å². The summed E-state index contributed by atoms with van der Waals surface area (Å²) >= 11 is 0. The van der Waals surface area contributed by atoms with Crippen molar-refractivity contribution in [3.05, 3.63) is 53.6 Å². The smallest absolute Gasteiger partial charge is 0.0947 e. The van der Waals surface area contributed by atoms with Crippen molar-refractivity contribution in [3.63, 3.8) is 0 Å². The van der Waals surface area contributed by atoms with Crippen LogP contribution in [0.3, 0.4) is 0 Å². The van der Waals surface area contributed by atoms with Crippen LogP contribution in [0.2, 0.25) is 0 Å². The Balaban J connectivity index is 1.83. The Morgan fingerprint density at radius 3 is 2.55 bits per heavy atom. The fraction of sp³-hybridized carbons (Fsp3) is 0.471. The van der Waals surface area contributed by atoms with Gasteiger partial charge in [0.15, 0.2) is 0 Å². The molecule has 2 aromatic rings. The largest absolute Gasteiger partial charge is 0.340 e. The summed E-state index contributed by atoms with van der Waals surface area (Å²) in [5.41, 5.74) is 3.88. The maximum Gasteiger partial charge on any atom is 0.0947 e. The van der Waals surface area contributed by atoms with Gasteiger partial charge in [-0.3, -0.25) is 0 Å². The zero-order valence-corrected chi connectivity index (χ0v) is 12.3. The molecule has 0 aliphatic heterocycles. The maximum absolute atomic E-state index is 4.50. The first-order chi connectivity index (χ1) is 9.78. The second-order valence-electron chi connectivity index (χ2n) is 5.75. The standard InChI is InChI=1S/C17H23N3/c1-3-18-17(16-11-20(2)12-19-16)15-9-7-14(8-10-15)13-5-4-6-13/h7-13,17-18H,3-6H2,1-2H3. The van der Waals surface area contributed by atoms with Crippen LogP contribution in [0.5, 0.6) is 0 Å². The van der Waals surface area contributed by atoms with Crippen molar-refractivity contribution in [2.24, 2.45) is 7.05 Å². The molecule has 1 fully saturated rings. The van der Waals surface area contributed by atoms with Crippen LogP contribution in [0.15, 0.2) is 36.8 Å². The van der Waals surface area contributed by atoms with E-state index >= 15 is 0 Å². The molecule has 1 aliphatic rings. The molecule has 1 heterocycles. The highest BCUT2D eigenvalue weighted by molar-refractivity contribution is 5.32. The molecule has 20 heavy (non-hydrogen) atoms. The minimum Gasteiger partial charge on any atom is -0.340 e. The topological polar surface area (TPSA) is 29.9 Å². The zero-order valence-electron chi connectivity index (χ0n) is 12.3. The molecular formula is C17H23N3. The SMILES string of the molecule is CCNC(c1ccc(C2CCC2)cc1)c1cn(C)cn1. The van der Waals surface area contributed by atoms with E-state index in [1.807, 2.05) is 17.9 Å². The van der Waals surface area contributed by atoms with Crippen LogP contribution >= 0.6 is 0 Å². The average molecular weight is 269 g/mol. The molecule has 0 spiro atoms. The molecule has 0 radical (unpaired) electrons. The molecule has 1 aromatic carbocycles. The van der Waals surface area contributed by atoms with E-state index in [1.54, 1.807) is 0 Å². The average Bonchev–Trinajstić information content (AvgIpc) is 2.82. The Kier molecular flexibility index (Phi) is 3.88. The molecule has 3 heteroatoms. The molecule has 1 aromatic heterocycles. The van der Waals surface area contributed by atoms with Crippen LogP contribution < -0.4 is 5.32 Å². The van der Waals surface area contributed by atoms with Crippen LogP contribution in [0, 0.1) is 0 Å². The molecule has 1 N–H and O–H groups in total. The predicted molar refractivity (Wildman–Crippen MR) is 81.8 cm³/mol. The van der Waals surface area contributed by atoms with E-state index in [0.29, 0.717) is 0 Å². The summed E-state index contributed by atoms with van der Waals surface area (Å²) in [6, 6.07) is 9.31. The first-order valence-electron chi connectivity index (χ1n) is 7.59. The van der Waals surface area contributed by atoms with Gasteiger partial charge in [0, 0.05) is 13.2 Å². The first kappa shape index (κ1) is 13.4. The summed E-state index contributed by atoms with van der Waals surface area (Å²) < 4.78 is 2.00. The van der Waals surface area contributed by atoms with Crippen molar-refractivity contribution in [2.75, 3.05) is 6.54 Å². The van der Waals surface area contributed by atoms with E-state index in [4.69, 9.17) is 0 Å². The van der Waals surface area contributed by atoms with Gasteiger partial charge in [0.05, 0.1) is 18.1 Å². The lowest BCUT2D eigenvalue weighted by Gasteiger charge is -2.26. The van der Waals surface area contributed by atoms with Gasteiger partial charge < -0.3 is 9.88 Å². The number of nitrogens with zero attached hydrogens (tertiary/aromatic N) is 2. The van der Waals surface area contributed by atoms with Crippen molar-refractivity contribution in [1.29, 1.82) is 0 Å². The summed E-state index contributed by atoms with van der Waals surface area (Å²) in [6.45, 7) is 3.07. The number of imidazole rings is 1. The summed E-state index contributed by atoms with van der Waals surface area (Å²) in [5, 5.41) is 3.53. The van der Waals surface area contributed by atoms with Crippen LogP contribution in [-0.4, -0.2) is 16.1 Å². The van der Waals surface area contributed by atoms with Crippen LogP contribution in [0.25, 0.3) is 0 Å². The van der Waals surface area contributed by atoms with Gasteiger partial charge in [-0.25, -0.2) is 4.98 Å². The third-order valence-corrected chi connectivity index (χ3v) is 4.28. The summed E-state index contributed by atoms with van der Waals surface area (Å²) in [5.74, 6) is 0.802. The van der Waals surface area contributed by atoms with Crippen LogP contribution in [0.1, 0.15) is 55.0 Å². The van der Waals surface area contributed by atoms with Gasteiger partial charge in [0.1, 0.15) is 0 Å². The molecule has 1 saturated carbocycles. The number of aryl methyl sites for hydroxylation is 1. The number of hydrogen-bond donors (Lipinski definition) is 1. The summed E-state index contributed by atoms with van der Waals surface area (Å²) in [7, 11) is 2.01. The lowest BCUT2D eigenvalue weighted by Crippen LogP contribution is -2.22. The molecule has 0 saturated heterocycles. The Morgan fingerprint density at radius 1 is 1.30 bits per heavy atom. The molecule has 3 rings (SSSR count). The fourth-order valence-corrected chi connectivity index (χ4v) is 2.88. The lowest BCUT2D eigenvalue weighted by molar-refractivity contribution is 0.419. The minimum atomic E-state index is 0.191. The molecular weight excluding hydrogens is 246 g/mol. The maximum atomic E-state index is 4.50. The Labute approximate surface area is 121 Å². The lowest BCUT2D eigenvalue weighted by atomic mass is 9.80. The van der Waals surface area contributed by atoms with E-state index in [9.17, 15) is 0 Å². The summed E-state index contributed by atoms with van der Waals surface area (Å²) in [6.07, 6.45) is 8.06. The molecule has 0 amide bonds. The molecule has 1 atom stereocenters. The first-order valence-corrected chi connectivity index (χ1v) is 7.59. The molecule has 1 aliphatic carbocycles.